The van der Waals surface area contributed by atoms with Gasteiger partial charge in [0.1, 0.15) is 0 Å². The Balaban J connectivity index is 2.63. The summed E-state index contributed by atoms with van der Waals surface area (Å²) in [6.07, 6.45) is 0.907. The third-order valence-electron chi connectivity index (χ3n) is 2.00. The Kier molecular flexibility index (Phi) is 4.80. The van der Waals surface area contributed by atoms with Crippen LogP contribution in [0.15, 0.2) is 15.2 Å². The van der Waals surface area contributed by atoms with Gasteiger partial charge in [0.05, 0.1) is 9.35 Å². The molecule has 0 fully saturated rings. The molecule has 84 valence electrons. The van der Waals surface area contributed by atoms with E-state index in [1.165, 1.54) is 11.3 Å². The smallest absolute Gasteiger partial charge is 0.252 e. The highest BCUT2D eigenvalue weighted by Crippen LogP contribution is 2.21. The Morgan fingerprint density at radius 2 is 2.27 bits per heavy atom. The summed E-state index contributed by atoms with van der Waals surface area (Å²) < 4.78 is 0.978. The van der Waals surface area contributed by atoms with Crippen LogP contribution in [0, 0.1) is 0 Å². The predicted octanol–water partition coefficient (Wildman–Crippen LogP) is 3.80. The number of hydrogen-bond donors (Lipinski definition) is 1. The van der Waals surface area contributed by atoms with Crippen molar-refractivity contribution in [3.05, 3.63) is 20.8 Å². The van der Waals surface area contributed by atoms with E-state index in [0.29, 0.717) is 0 Å². The minimum absolute atomic E-state index is 0.0112. The lowest BCUT2D eigenvalue weighted by Gasteiger charge is -2.25. The minimum Gasteiger partial charge on any atom is -0.347 e. The van der Waals surface area contributed by atoms with Crippen LogP contribution in [-0.2, 0) is 0 Å². The van der Waals surface area contributed by atoms with Gasteiger partial charge < -0.3 is 5.32 Å². The van der Waals surface area contributed by atoms with Crippen molar-refractivity contribution in [2.24, 2.45) is 0 Å². The minimum atomic E-state index is -0.172. The second kappa shape index (κ2) is 5.46. The second-order valence-corrected chi connectivity index (χ2v) is 7.00. The monoisotopic (exact) mass is 353 g/mol. The molecule has 1 N–H and O–H groups in total. The third kappa shape index (κ3) is 4.25. The first-order valence-electron chi connectivity index (χ1n) is 4.57. The van der Waals surface area contributed by atoms with Gasteiger partial charge in [-0.1, -0.05) is 15.9 Å². The van der Waals surface area contributed by atoms with Crippen molar-refractivity contribution in [1.82, 2.24) is 5.32 Å². The summed E-state index contributed by atoms with van der Waals surface area (Å²) >= 11 is 8.24. The molecule has 0 aliphatic rings. The first-order valence-corrected chi connectivity index (χ1v) is 7.36. The number of thiophene rings is 1. The number of hydrogen-bond acceptors (Lipinski definition) is 2. The highest BCUT2D eigenvalue weighted by Gasteiger charge is 2.20. The number of halogens is 2. The van der Waals surface area contributed by atoms with E-state index in [0.717, 1.165) is 21.1 Å². The van der Waals surface area contributed by atoms with E-state index >= 15 is 0 Å². The van der Waals surface area contributed by atoms with Gasteiger partial charge in [0.2, 0.25) is 0 Å². The third-order valence-corrected chi connectivity index (χ3v) is 3.90. The van der Waals surface area contributed by atoms with Gasteiger partial charge in [-0.3, -0.25) is 4.79 Å². The summed E-state index contributed by atoms with van der Waals surface area (Å²) in [6, 6.07) is 1.84. The van der Waals surface area contributed by atoms with Crippen molar-refractivity contribution in [3.63, 3.8) is 0 Å². The summed E-state index contributed by atoms with van der Waals surface area (Å²) in [5, 5.41) is 5.74. The lowest BCUT2D eigenvalue weighted by molar-refractivity contribution is 0.0912. The Hall–Kier alpha value is 0.130. The lowest BCUT2D eigenvalue weighted by Crippen LogP contribution is -2.43. The van der Waals surface area contributed by atoms with Gasteiger partial charge >= 0.3 is 0 Å². The number of nitrogens with one attached hydrogen (secondary N) is 1. The van der Waals surface area contributed by atoms with Crippen LogP contribution in [0.25, 0.3) is 0 Å². The summed E-state index contributed by atoms with van der Waals surface area (Å²) in [5.74, 6) is -0.0112. The van der Waals surface area contributed by atoms with Gasteiger partial charge in [0.25, 0.3) is 5.91 Å². The van der Waals surface area contributed by atoms with Crippen LogP contribution in [0.2, 0.25) is 0 Å². The molecule has 0 bridgehead atoms. The summed E-state index contributed by atoms with van der Waals surface area (Å²) in [4.78, 5) is 11.8. The van der Waals surface area contributed by atoms with E-state index in [1.807, 2.05) is 25.3 Å². The molecule has 0 saturated carbocycles. The van der Waals surface area contributed by atoms with Crippen LogP contribution in [0.5, 0.6) is 0 Å². The summed E-state index contributed by atoms with van der Waals surface area (Å²) in [5.41, 5.74) is 0.546. The zero-order chi connectivity index (χ0) is 11.5. The average Bonchev–Trinajstić information content (AvgIpc) is 2.50. The molecule has 0 aliphatic heterocycles. The summed E-state index contributed by atoms with van der Waals surface area (Å²) in [7, 11) is 0. The van der Waals surface area contributed by atoms with Crippen molar-refractivity contribution < 1.29 is 4.79 Å². The van der Waals surface area contributed by atoms with E-state index in [1.54, 1.807) is 0 Å². The molecule has 1 rings (SSSR count). The molecule has 0 radical (unpaired) electrons. The van der Waals surface area contributed by atoms with Crippen molar-refractivity contribution in [2.75, 3.05) is 5.33 Å². The van der Waals surface area contributed by atoms with Gasteiger partial charge in [-0.2, -0.15) is 0 Å². The van der Waals surface area contributed by atoms with Gasteiger partial charge in [0.15, 0.2) is 0 Å². The number of carbonyl (C=O) groups excluding carboxylic acids is 1. The average molecular weight is 355 g/mol. The first kappa shape index (κ1) is 13.2. The first-order chi connectivity index (χ1) is 6.94. The van der Waals surface area contributed by atoms with Crippen LogP contribution in [0.1, 0.15) is 30.6 Å². The number of rotatable bonds is 4. The van der Waals surface area contributed by atoms with E-state index in [9.17, 15) is 4.79 Å². The fraction of sp³-hybridized carbons (Fsp3) is 0.500. The Morgan fingerprint density at radius 3 is 2.73 bits per heavy atom. The van der Waals surface area contributed by atoms with Gasteiger partial charge in [-0.25, -0.2) is 0 Å². The maximum Gasteiger partial charge on any atom is 0.252 e. The Morgan fingerprint density at radius 1 is 1.60 bits per heavy atom. The van der Waals surface area contributed by atoms with E-state index < -0.39 is 0 Å². The Bertz CT molecular complexity index is 349. The van der Waals surface area contributed by atoms with E-state index in [4.69, 9.17) is 0 Å². The Labute approximate surface area is 111 Å². The molecule has 15 heavy (non-hydrogen) atoms. The van der Waals surface area contributed by atoms with Crippen LogP contribution in [-0.4, -0.2) is 16.8 Å². The molecule has 0 aromatic carbocycles. The molecule has 0 saturated heterocycles. The molecule has 0 atom stereocenters. The zero-order valence-corrected chi connectivity index (χ0v) is 12.6. The number of carbonyl (C=O) groups is 1. The van der Waals surface area contributed by atoms with Crippen molar-refractivity contribution in [3.8, 4) is 0 Å². The van der Waals surface area contributed by atoms with Gasteiger partial charge in [-0.15, -0.1) is 11.3 Å². The fourth-order valence-electron chi connectivity index (χ4n) is 1.11. The van der Waals surface area contributed by atoms with Crippen LogP contribution < -0.4 is 5.32 Å². The van der Waals surface area contributed by atoms with Crippen molar-refractivity contribution in [1.29, 1.82) is 0 Å². The largest absolute Gasteiger partial charge is 0.347 e. The molecule has 2 nitrogen and oxygen atoms in total. The zero-order valence-electron chi connectivity index (χ0n) is 8.64. The summed E-state index contributed by atoms with van der Waals surface area (Å²) in [6.45, 7) is 4.04. The molecule has 5 heteroatoms. The second-order valence-electron chi connectivity index (χ2n) is 3.92. The highest BCUT2D eigenvalue weighted by molar-refractivity contribution is 9.11. The standard InChI is InChI=1S/C10H13Br2NOS/c1-10(2,3-4-11)13-9(14)7-5-8(12)15-6-7/h5-6H,3-4H2,1-2H3,(H,13,14). The normalized spacial score (nSPS) is 11.5. The van der Waals surface area contributed by atoms with Crippen molar-refractivity contribution >= 4 is 49.1 Å². The van der Waals surface area contributed by atoms with Gasteiger partial charge in [-0.05, 0) is 42.3 Å². The SMILES string of the molecule is CC(C)(CCBr)NC(=O)c1csc(Br)c1. The van der Waals surface area contributed by atoms with Crippen LogP contribution in [0.4, 0.5) is 0 Å². The molecule has 1 amide bonds. The molecule has 0 spiro atoms. The topological polar surface area (TPSA) is 29.1 Å². The molecular formula is C10H13Br2NOS. The van der Waals surface area contributed by atoms with Crippen LogP contribution >= 0.6 is 43.2 Å². The maximum absolute atomic E-state index is 11.8. The molecule has 0 unspecified atom stereocenters. The highest BCUT2D eigenvalue weighted by atomic mass is 79.9. The van der Waals surface area contributed by atoms with Crippen LogP contribution in [0.3, 0.4) is 0 Å². The van der Waals surface area contributed by atoms with Crippen molar-refractivity contribution in [2.45, 2.75) is 25.8 Å². The molecular weight excluding hydrogens is 342 g/mol. The van der Waals surface area contributed by atoms with E-state index in [2.05, 4.69) is 37.2 Å². The quantitative estimate of drug-likeness (QED) is 0.818. The molecule has 0 aliphatic carbocycles. The molecule has 1 aromatic heterocycles. The van der Waals surface area contributed by atoms with E-state index in [-0.39, 0.29) is 11.4 Å². The maximum atomic E-state index is 11.8. The fourth-order valence-corrected chi connectivity index (χ4v) is 3.24. The molecule has 1 aromatic rings. The molecule has 1 heterocycles. The lowest BCUT2D eigenvalue weighted by atomic mass is 10.0. The van der Waals surface area contributed by atoms with Gasteiger partial charge in [0, 0.05) is 16.2 Å². The number of alkyl halides is 1. The number of amides is 1. The predicted molar refractivity (Wildman–Crippen MR) is 72.0 cm³/mol.